The molecule has 0 aliphatic heterocycles. The molecule has 0 fully saturated rings. The van der Waals surface area contributed by atoms with Gasteiger partial charge < -0.3 is 11.1 Å². The van der Waals surface area contributed by atoms with Crippen molar-refractivity contribution in [2.45, 2.75) is 6.54 Å². The minimum Gasteiger partial charge on any atom is -0.326 e. The van der Waals surface area contributed by atoms with Crippen molar-refractivity contribution in [3.05, 3.63) is 59.0 Å². The molecule has 0 saturated carbocycles. The van der Waals surface area contributed by atoms with Crippen LogP contribution in [-0.4, -0.2) is 10.9 Å². The number of carbonyl (C=O) groups excluding carboxylic acids is 1. The molecule has 0 unspecified atom stereocenters. The van der Waals surface area contributed by atoms with Gasteiger partial charge in [-0.1, -0.05) is 0 Å². The Balaban J connectivity index is 2.26. The fraction of sp³-hybridized carbons (Fsp3) is 0.0769. The molecular weight excluding hydrogens is 271 g/mol. The number of anilines is 1. The summed E-state index contributed by atoms with van der Waals surface area (Å²) in [5, 5.41) is 2.29. The van der Waals surface area contributed by atoms with Crippen molar-refractivity contribution in [1.29, 1.82) is 0 Å². The van der Waals surface area contributed by atoms with Gasteiger partial charge in [0.15, 0.2) is 17.5 Å². The first-order valence-electron chi connectivity index (χ1n) is 5.62. The van der Waals surface area contributed by atoms with E-state index in [1.54, 1.807) is 6.07 Å². The molecule has 20 heavy (non-hydrogen) atoms. The van der Waals surface area contributed by atoms with Crippen LogP contribution in [0, 0.1) is 17.5 Å². The van der Waals surface area contributed by atoms with Crippen molar-refractivity contribution in [3.8, 4) is 0 Å². The van der Waals surface area contributed by atoms with E-state index in [-0.39, 0.29) is 12.4 Å². The van der Waals surface area contributed by atoms with E-state index in [1.807, 2.05) is 0 Å². The zero-order valence-electron chi connectivity index (χ0n) is 10.2. The fourth-order valence-corrected chi connectivity index (χ4v) is 1.55. The Morgan fingerprint density at radius 1 is 1.20 bits per heavy atom. The number of aromatic nitrogens is 1. The lowest BCUT2D eigenvalue weighted by molar-refractivity contribution is 0.102. The van der Waals surface area contributed by atoms with Crippen LogP contribution in [0.2, 0.25) is 0 Å². The molecule has 0 aliphatic carbocycles. The van der Waals surface area contributed by atoms with Gasteiger partial charge in [0, 0.05) is 12.7 Å². The molecule has 0 atom stereocenters. The first-order chi connectivity index (χ1) is 9.52. The number of nitrogens with two attached hydrogens (primary N) is 1. The summed E-state index contributed by atoms with van der Waals surface area (Å²) in [4.78, 5) is 15.6. The normalized spacial score (nSPS) is 10.4. The molecular formula is C13H10F3N3O. The number of carbonyl (C=O) groups is 1. The first kappa shape index (κ1) is 14.0. The molecule has 0 radical (unpaired) electrons. The standard InChI is InChI=1S/C13H10F3N3O/c14-9-2-1-8(11(15)12(9)16)13(20)19-10-5-7(6-17)3-4-18-10/h1-5H,6,17H2,(H,18,19,20). The van der Waals surface area contributed by atoms with E-state index >= 15 is 0 Å². The molecule has 0 spiro atoms. The van der Waals surface area contributed by atoms with Crippen LogP contribution < -0.4 is 11.1 Å². The summed E-state index contributed by atoms with van der Waals surface area (Å²) < 4.78 is 39.3. The van der Waals surface area contributed by atoms with Crippen LogP contribution in [0.15, 0.2) is 30.5 Å². The molecule has 1 heterocycles. The van der Waals surface area contributed by atoms with E-state index in [1.165, 1.54) is 12.3 Å². The van der Waals surface area contributed by atoms with Crippen molar-refractivity contribution in [1.82, 2.24) is 4.98 Å². The summed E-state index contributed by atoms with van der Waals surface area (Å²) in [7, 11) is 0. The van der Waals surface area contributed by atoms with E-state index in [4.69, 9.17) is 5.73 Å². The maximum Gasteiger partial charge on any atom is 0.259 e. The number of hydrogen-bond acceptors (Lipinski definition) is 3. The molecule has 1 aromatic heterocycles. The summed E-state index contributed by atoms with van der Waals surface area (Å²) in [6.45, 7) is 0.241. The second-order valence-electron chi connectivity index (χ2n) is 3.93. The third kappa shape index (κ3) is 2.77. The van der Waals surface area contributed by atoms with Gasteiger partial charge in [0.05, 0.1) is 5.56 Å². The van der Waals surface area contributed by atoms with E-state index in [9.17, 15) is 18.0 Å². The minimum absolute atomic E-state index is 0.141. The van der Waals surface area contributed by atoms with Gasteiger partial charge in [0.2, 0.25) is 0 Å². The Kier molecular flexibility index (Phi) is 3.99. The average molecular weight is 281 g/mol. The van der Waals surface area contributed by atoms with E-state index in [2.05, 4.69) is 10.3 Å². The molecule has 104 valence electrons. The van der Waals surface area contributed by atoms with Crippen LogP contribution in [0.3, 0.4) is 0 Å². The van der Waals surface area contributed by atoms with Crippen LogP contribution in [0.5, 0.6) is 0 Å². The quantitative estimate of drug-likeness (QED) is 0.847. The predicted octanol–water partition coefficient (Wildman–Crippen LogP) is 2.21. The number of nitrogens with zero attached hydrogens (tertiary/aromatic N) is 1. The Hall–Kier alpha value is -2.41. The summed E-state index contributed by atoms with van der Waals surface area (Å²) in [6.07, 6.45) is 1.42. The minimum atomic E-state index is -1.69. The smallest absolute Gasteiger partial charge is 0.259 e. The summed E-state index contributed by atoms with van der Waals surface area (Å²) >= 11 is 0. The molecule has 1 aromatic carbocycles. The summed E-state index contributed by atoms with van der Waals surface area (Å²) in [5.74, 6) is -5.38. The lowest BCUT2D eigenvalue weighted by Gasteiger charge is -2.07. The van der Waals surface area contributed by atoms with E-state index in [0.717, 1.165) is 6.07 Å². The highest BCUT2D eigenvalue weighted by molar-refractivity contribution is 6.03. The third-order valence-corrected chi connectivity index (χ3v) is 2.58. The number of nitrogens with one attached hydrogen (secondary N) is 1. The monoisotopic (exact) mass is 281 g/mol. The number of amides is 1. The van der Waals surface area contributed by atoms with E-state index < -0.39 is 28.9 Å². The van der Waals surface area contributed by atoms with Crippen molar-refractivity contribution < 1.29 is 18.0 Å². The van der Waals surface area contributed by atoms with Gasteiger partial charge >= 0.3 is 0 Å². The van der Waals surface area contributed by atoms with E-state index in [0.29, 0.717) is 11.6 Å². The van der Waals surface area contributed by atoms with Crippen LogP contribution >= 0.6 is 0 Å². The van der Waals surface area contributed by atoms with Gasteiger partial charge in [-0.3, -0.25) is 4.79 Å². The highest BCUT2D eigenvalue weighted by Crippen LogP contribution is 2.16. The molecule has 4 nitrogen and oxygen atoms in total. The summed E-state index contributed by atoms with van der Waals surface area (Å²) in [5.41, 5.74) is 5.53. The SMILES string of the molecule is NCc1ccnc(NC(=O)c2ccc(F)c(F)c2F)c1. The molecule has 7 heteroatoms. The largest absolute Gasteiger partial charge is 0.326 e. The lowest BCUT2D eigenvalue weighted by Crippen LogP contribution is -2.16. The highest BCUT2D eigenvalue weighted by Gasteiger charge is 2.19. The summed E-state index contributed by atoms with van der Waals surface area (Å²) in [6, 6.07) is 4.68. The molecule has 0 bridgehead atoms. The predicted molar refractivity (Wildman–Crippen MR) is 66.4 cm³/mol. The zero-order valence-corrected chi connectivity index (χ0v) is 10.2. The van der Waals surface area contributed by atoms with Gasteiger partial charge in [-0.05, 0) is 29.8 Å². The maximum absolute atomic E-state index is 13.4. The molecule has 2 aromatic rings. The third-order valence-electron chi connectivity index (χ3n) is 2.58. The fourth-order valence-electron chi connectivity index (χ4n) is 1.55. The maximum atomic E-state index is 13.4. The second kappa shape index (κ2) is 5.70. The van der Waals surface area contributed by atoms with Crippen LogP contribution in [0.1, 0.15) is 15.9 Å². The van der Waals surface area contributed by atoms with Gasteiger partial charge in [0.1, 0.15) is 5.82 Å². The van der Waals surface area contributed by atoms with Crippen molar-refractivity contribution in [2.75, 3.05) is 5.32 Å². The number of pyridine rings is 1. The van der Waals surface area contributed by atoms with Crippen molar-refractivity contribution in [2.24, 2.45) is 5.73 Å². The second-order valence-corrected chi connectivity index (χ2v) is 3.93. The van der Waals surface area contributed by atoms with Crippen LogP contribution in [0.4, 0.5) is 19.0 Å². The van der Waals surface area contributed by atoms with Gasteiger partial charge in [0.25, 0.3) is 5.91 Å². The Labute approximate surface area is 112 Å². The first-order valence-corrected chi connectivity index (χ1v) is 5.62. The molecule has 3 N–H and O–H groups in total. The molecule has 0 aliphatic rings. The lowest BCUT2D eigenvalue weighted by atomic mass is 10.2. The average Bonchev–Trinajstić information content (AvgIpc) is 2.45. The van der Waals surface area contributed by atoms with Gasteiger partial charge in [-0.25, -0.2) is 18.2 Å². The number of halogens is 3. The topological polar surface area (TPSA) is 68.0 Å². The number of hydrogen-bond donors (Lipinski definition) is 2. The van der Waals surface area contributed by atoms with Gasteiger partial charge in [-0.15, -0.1) is 0 Å². The number of benzene rings is 1. The Morgan fingerprint density at radius 3 is 2.65 bits per heavy atom. The molecule has 0 saturated heterocycles. The van der Waals surface area contributed by atoms with Crippen LogP contribution in [0.25, 0.3) is 0 Å². The Bertz CT molecular complexity index is 661. The molecule has 1 amide bonds. The van der Waals surface area contributed by atoms with Crippen LogP contribution in [-0.2, 0) is 6.54 Å². The molecule has 2 rings (SSSR count). The van der Waals surface area contributed by atoms with Crippen molar-refractivity contribution in [3.63, 3.8) is 0 Å². The Morgan fingerprint density at radius 2 is 1.95 bits per heavy atom. The number of rotatable bonds is 3. The van der Waals surface area contributed by atoms with Gasteiger partial charge in [-0.2, -0.15) is 0 Å². The van der Waals surface area contributed by atoms with Crippen molar-refractivity contribution >= 4 is 11.7 Å². The highest BCUT2D eigenvalue weighted by atomic mass is 19.2. The zero-order chi connectivity index (χ0) is 14.7.